The number of hydrogen-bond acceptors (Lipinski definition) is 2. The van der Waals surface area contributed by atoms with Crippen molar-refractivity contribution in [3.63, 3.8) is 0 Å². The van der Waals surface area contributed by atoms with Crippen molar-refractivity contribution >= 4 is 0 Å². The molecule has 0 aliphatic carbocycles. The summed E-state index contributed by atoms with van der Waals surface area (Å²) in [6.07, 6.45) is 0. The molecule has 0 aliphatic heterocycles. The summed E-state index contributed by atoms with van der Waals surface area (Å²) in [6.45, 7) is 4.00. The molecule has 44 valence electrons. The van der Waals surface area contributed by atoms with E-state index in [1.807, 2.05) is 13.8 Å². The van der Waals surface area contributed by atoms with Crippen molar-refractivity contribution in [3.05, 3.63) is 0 Å². The van der Waals surface area contributed by atoms with Gasteiger partial charge in [-0.25, -0.2) is 0 Å². The summed E-state index contributed by atoms with van der Waals surface area (Å²) >= 11 is 0. The second-order valence-corrected chi connectivity index (χ2v) is 2.02. The molecule has 0 unspecified atom stereocenters. The Balaban J connectivity index is 3.14. The van der Waals surface area contributed by atoms with Gasteiger partial charge in [0, 0.05) is 12.6 Å². The molecule has 0 aromatic rings. The Morgan fingerprint density at radius 2 is 2.00 bits per heavy atom. The summed E-state index contributed by atoms with van der Waals surface area (Å²) in [5.74, 6) is 0.236. The van der Waals surface area contributed by atoms with Gasteiger partial charge in [-0.2, -0.15) is 0 Å². The second-order valence-electron chi connectivity index (χ2n) is 2.02. The molecule has 0 aromatic heterocycles. The Morgan fingerprint density at radius 3 is 2.00 bits per heavy atom. The van der Waals surface area contributed by atoms with E-state index in [-0.39, 0.29) is 18.6 Å². The van der Waals surface area contributed by atoms with E-state index in [0.717, 1.165) is 0 Å². The van der Waals surface area contributed by atoms with Crippen molar-refractivity contribution in [1.29, 1.82) is 0 Å². The Labute approximate surface area is 44.3 Å². The minimum atomic E-state index is 0.116. The predicted molar refractivity (Wildman–Crippen MR) is 29.9 cm³/mol. The third kappa shape index (κ3) is 2.60. The lowest BCUT2D eigenvalue weighted by Gasteiger charge is -2.09. The van der Waals surface area contributed by atoms with Crippen LogP contribution in [0.2, 0.25) is 0 Å². The van der Waals surface area contributed by atoms with Crippen LogP contribution < -0.4 is 5.73 Å². The summed E-state index contributed by atoms with van der Waals surface area (Å²) in [4.78, 5) is 0. The van der Waals surface area contributed by atoms with E-state index in [2.05, 4.69) is 0 Å². The van der Waals surface area contributed by atoms with Gasteiger partial charge in [-0.3, -0.25) is 0 Å². The van der Waals surface area contributed by atoms with Gasteiger partial charge in [-0.05, 0) is 12.8 Å². The van der Waals surface area contributed by atoms with E-state index in [0.29, 0.717) is 0 Å². The molecule has 0 radical (unpaired) electrons. The highest BCUT2D eigenvalue weighted by atomic mass is 16.3. The molecule has 0 amide bonds. The van der Waals surface area contributed by atoms with Crippen molar-refractivity contribution < 1.29 is 5.11 Å². The van der Waals surface area contributed by atoms with Crippen LogP contribution in [-0.4, -0.2) is 17.8 Å². The fourth-order valence-corrected chi connectivity index (χ4v) is 0.166. The first-order valence-electron chi connectivity index (χ1n) is 2.55. The molecule has 0 saturated heterocycles. The van der Waals surface area contributed by atoms with Gasteiger partial charge in [-0.15, -0.1) is 0 Å². The maximum absolute atomic E-state index is 8.43. The van der Waals surface area contributed by atoms with Gasteiger partial charge in [0.15, 0.2) is 0 Å². The largest absolute Gasteiger partial charge is 0.396 e. The molecule has 7 heavy (non-hydrogen) atoms. The van der Waals surface area contributed by atoms with Crippen LogP contribution in [0.15, 0.2) is 0 Å². The van der Waals surface area contributed by atoms with Crippen LogP contribution in [0.4, 0.5) is 0 Å². The summed E-state index contributed by atoms with van der Waals surface area (Å²) in [5, 5.41) is 8.43. The van der Waals surface area contributed by atoms with E-state index in [4.69, 9.17) is 10.8 Å². The molecule has 3 N–H and O–H groups in total. The van der Waals surface area contributed by atoms with E-state index in [1.165, 1.54) is 0 Å². The van der Waals surface area contributed by atoms with Crippen LogP contribution >= 0.6 is 0 Å². The zero-order chi connectivity index (χ0) is 5.86. The lowest BCUT2D eigenvalue weighted by atomic mass is 10.1. The second kappa shape index (κ2) is 2.99. The van der Waals surface area contributed by atoms with E-state index >= 15 is 0 Å². The highest BCUT2D eigenvalue weighted by Gasteiger charge is 2.02. The van der Waals surface area contributed by atoms with Gasteiger partial charge in [0.25, 0.3) is 0 Å². The maximum atomic E-state index is 8.43. The summed E-state index contributed by atoms with van der Waals surface area (Å²) < 4.78 is 0. The third-order valence-corrected chi connectivity index (χ3v) is 1.19. The van der Waals surface area contributed by atoms with Crippen molar-refractivity contribution in [2.24, 2.45) is 11.7 Å². The number of aliphatic hydroxyl groups is 1. The fourth-order valence-electron chi connectivity index (χ4n) is 0.166. The summed E-state index contributed by atoms with van der Waals surface area (Å²) in [5.41, 5.74) is 5.39. The normalized spacial score (nSPS) is 18.9. The molecular weight excluding hydrogens is 90.1 g/mol. The van der Waals surface area contributed by atoms with Crippen molar-refractivity contribution in [1.82, 2.24) is 0 Å². The first-order valence-corrected chi connectivity index (χ1v) is 2.55. The smallest absolute Gasteiger partial charge is 0.0471 e. The molecular formula is C5H13NO. The lowest BCUT2D eigenvalue weighted by Crippen LogP contribution is -2.26. The number of aliphatic hydroxyl groups excluding tert-OH is 1. The quantitative estimate of drug-likeness (QED) is 0.515. The van der Waals surface area contributed by atoms with Gasteiger partial charge in [0.1, 0.15) is 0 Å². The summed E-state index contributed by atoms with van der Waals surface area (Å²) in [6, 6.07) is 0.116. The highest BCUT2D eigenvalue weighted by Crippen LogP contribution is 1.95. The average Bonchev–Trinajstić information content (AvgIpc) is 1.65. The zero-order valence-corrected chi connectivity index (χ0v) is 4.89. The molecule has 0 rings (SSSR count). The van der Waals surface area contributed by atoms with Gasteiger partial charge in [0.2, 0.25) is 0 Å². The fraction of sp³-hybridized carbons (Fsp3) is 1.00. The van der Waals surface area contributed by atoms with Gasteiger partial charge < -0.3 is 10.8 Å². The van der Waals surface area contributed by atoms with E-state index in [9.17, 15) is 0 Å². The molecule has 2 atom stereocenters. The van der Waals surface area contributed by atoms with E-state index < -0.39 is 0 Å². The Bertz CT molecular complexity index is 45.3. The van der Waals surface area contributed by atoms with Crippen molar-refractivity contribution in [2.45, 2.75) is 19.9 Å². The SMILES string of the molecule is C[C@H](CO)[C@@H](C)N. The number of nitrogens with two attached hydrogens (primary N) is 1. The minimum Gasteiger partial charge on any atom is -0.396 e. The first-order chi connectivity index (χ1) is 3.18. The van der Waals surface area contributed by atoms with Gasteiger partial charge in [0.05, 0.1) is 0 Å². The van der Waals surface area contributed by atoms with Crippen molar-refractivity contribution in [3.8, 4) is 0 Å². The van der Waals surface area contributed by atoms with E-state index in [1.54, 1.807) is 0 Å². The molecule has 0 spiro atoms. The topological polar surface area (TPSA) is 46.2 Å². The van der Waals surface area contributed by atoms with Crippen LogP contribution in [0.3, 0.4) is 0 Å². The molecule has 0 aromatic carbocycles. The number of hydrogen-bond donors (Lipinski definition) is 2. The monoisotopic (exact) mass is 103 g/mol. The standard InChI is InChI=1S/C5H13NO/c1-4(3-7)5(2)6/h4-5,7H,3,6H2,1-2H3/t4-,5-/m1/s1. The molecule has 0 bridgehead atoms. The Kier molecular flexibility index (Phi) is 2.96. The Morgan fingerprint density at radius 1 is 1.57 bits per heavy atom. The number of rotatable bonds is 2. The van der Waals surface area contributed by atoms with Crippen LogP contribution in [0.5, 0.6) is 0 Å². The highest BCUT2D eigenvalue weighted by molar-refractivity contribution is 4.60. The average molecular weight is 103 g/mol. The minimum absolute atomic E-state index is 0.116. The third-order valence-electron chi connectivity index (χ3n) is 1.19. The van der Waals surface area contributed by atoms with Crippen LogP contribution in [0.1, 0.15) is 13.8 Å². The molecule has 0 heterocycles. The summed E-state index contributed by atoms with van der Waals surface area (Å²) in [7, 11) is 0. The predicted octanol–water partition coefficient (Wildman–Crippen LogP) is -0.0380. The van der Waals surface area contributed by atoms with Gasteiger partial charge >= 0.3 is 0 Å². The zero-order valence-electron chi connectivity index (χ0n) is 4.89. The van der Waals surface area contributed by atoms with Gasteiger partial charge in [-0.1, -0.05) is 6.92 Å². The Hall–Kier alpha value is -0.0800. The molecule has 0 aliphatic rings. The van der Waals surface area contributed by atoms with Crippen LogP contribution in [0.25, 0.3) is 0 Å². The molecule has 0 saturated carbocycles. The lowest BCUT2D eigenvalue weighted by molar-refractivity contribution is 0.221. The maximum Gasteiger partial charge on any atom is 0.0471 e. The van der Waals surface area contributed by atoms with Crippen LogP contribution in [-0.2, 0) is 0 Å². The van der Waals surface area contributed by atoms with Crippen molar-refractivity contribution in [2.75, 3.05) is 6.61 Å². The molecule has 2 nitrogen and oxygen atoms in total. The molecule has 0 fully saturated rings. The van der Waals surface area contributed by atoms with Crippen LogP contribution in [0, 0.1) is 5.92 Å². The molecule has 2 heteroatoms. The first kappa shape index (κ1) is 6.92.